The molecule has 112 valence electrons. The van der Waals surface area contributed by atoms with Crippen LogP contribution >= 0.6 is 12.2 Å². The average molecular weight is 338 g/mol. The van der Waals surface area contributed by atoms with Gasteiger partial charge in [-0.25, -0.2) is 16.8 Å². The van der Waals surface area contributed by atoms with Gasteiger partial charge in [-0.1, -0.05) is 24.4 Å². The Morgan fingerprint density at radius 3 is 2.45 bits per heavy atom. The summed E-state index contributed by atoms with van der Waals surface area (Å²) in [7, 11) is -7.71. The van der Waals surface area contributed by atoms with Crippen LogP contribution < -0.4 is 15.2 Å². The van der Waals surface area contributed by atoms with Gasteiger partial charge in [0.15, 0.2) is 14.9 Å². The maximum absolute atomic E-state index is 11.7. The summed E-state index contributed by atoms with van der Waals surface area (Å²) in [6, 6.07) is 6.15. The van der Waals surface area contributed by atoms with Crippen molar-refractivity contribution in [2.24, 2.45) is 5.73 Å². The summed E-state index contributed by atoms with van der Waals surface area (Å²) in [6.45, 7) is -0.0554. The predicted molar refractivity (Wildman–Crippen MR) is 81.0 cm³/mol. The Labute approximate surface area is 123 Å². The summed E-state index contributed by atoms with van der Waals surface area (Å²) in [6.07, 6.45) is 0.835. The number of anilines is 1. The Morgan fingerprint density at radius 2 is 1.90 bits per heavy atom. The van der Waals surface area contributed by atoms with Gasteiger partial charge in [-0.15, -0.1) is 0 Å². The minimum Gasteiger partial charge on any atom is -0.484 e. The molecule has 0 heterocycles. The highest BCUT2D eigenvalue weighted by molar-refractivity contribution is 8.08. The first-order valence-electron chi connectivity index (χ1n) is 5.27. The van der Waals surface area contributed by atoms with E-state index in [1.54, 1.807) is 12.1 Å². The smallest absolute Gasteiger partial charge is 0.247 e. The molecule has 20 heavy (non-hydrogen) atoms. The Kier molecular flexibility index (Phi) is 5.31. The molecule has 0 fully saturated rings. The van der Waals surface area contributed by atoms with Crippen LogP contribution in [0.15, 0.2) is 24.3 Å². The van der Waals surface area contributed by atoms with Crippen LogP contribution in [0.4, 0.5) is 5.69 Å². The van der Waals surface area contributed by atoms with Crippen LogP contribution in [0.2, 0.25) is 0 Å². The Balaban J connectivity index is 2.95. The number of para-hydroxylation sites is 2. The zero-order chi connectivity index (χ0) is 15.4. The molecule has 1 rings (SSSR count). The van der Waals surface area contributed by atoms with Crippen molar-refractivity contribution in [2.45, 2.75) is 0 Å². The molecule has 10 heteroatoms. The maximum Gasteiger partial charge on any atom is 0.247 e. The molecule has 0 aromatic heterocycles. The average Bonchev–Trinajstić information content (AvgIpc) is 2.23. The van der Waals surface area contributed by atoms with Gasteiger partial charge in [0.25, 0.3) is 0 Å². The van der Waals surface area contributed by atoms with Gasteiger partial charge in [0.2, 0.25) is 10.0 Å². The second-order valence-corrected chi connectivity index (χ2v) is 8.76. The van der Waals surface area contributed by atoms with Crippen molar-refractivity contribution in [1.82, 2.24) is 0 Å². The summed E-state index contributed by atoms with van der Waals surface area (Å²) in [5.74, 6) is 0.206. The van der Waals surface area contributed by atoms with E-state index in [1.165, 1.54) is 12.1 Å². The van der Waals surface area contributed by atoms with Gasteiger partial charge < -0.3 is 10.5 Å². The lowest BCUT2D eigenvalue weighted by Gasteiger charge is -2.12. The molecule has 0 amide bonds. The van der Waals surface area contributed by atoms with Gasteiger partial charge in [0, 0.05) is 6.26 Å². The van der Waals surface area contributed by atoms with E-state index >= 15 is 0 Å². The molecular formula is C10H14N2O5S3. The fourth-order valence-electron chi connectivity index (χ4n) is 1.30. The van der Waals surface area contributed by atoms with E-state index in [0.29, 0.717) is 0 Å². The number of sulfonamides is 1. The largest absolute Gasteiger partial charge is 0.484 e. The SMILES string of the molecule is CS(=O)(=O)CS(=O)(=O)Nc1ccccc1OCC(N)=S. The minimum absolute atomic E-state index is 0.0554. The number of sulfone groups is 1. The fraction of sp³-hybridized carbons (Fsp3) is 0.300. The predicted octanol–water partition coefficient (Wildman–Crippen LogP) is 0.0953. The molecule has 0 aliphatic heterocycles. The molecule has 0 aliphatic rings. The fourth-order valence-corrected chi connectivity index (χ4v) is 4.36. The summed E-state index contributed by atoms with van der Waals surface area (Å²) >= 11 is 4.65. The molecule has 0 radical (unpaired) electrons. The van der Waals surface area contributed by atoms with Gasteiger partial charge >= 0.3 is 0 Å². The lowest BCUT2D eigenvalue weighted by Crippen LogP contribution is -2.23. The number of ether oxygens (including phenoxy) is 1. The summed E-state index contributed by atoms with van der Waals surface area (Å²) in [5, 5.41) is -1.01. The van der Waals surface area contributed by atoms with Crippen molar-refractivity contribution < 1.29 is 21.6 Å². The lowest BCUT2D eigenvalue weighted by atomic mass is 10.3. The number of hydrogen-bond acceptors (Lipinski definition) is 6. The van der Waals surface area contributed by atoms with Crippen molar-refractivity contribution in [3.8, 4) is 5.75 Å². The van der Waals surface area contributed by atoms with Gasteiger partial charge in [0.05, 0.1) is 5.69 Å². The van der Waals surface area contributed by atoms with Crippen molar-refractivity contribution in [3.63, 3.8) is 0 Å². The Morgan fingerprint density at radius 1 is 1.30 bits per heavy atom. The van der Waals surface area contributed by atoms with E-state index in [2.05, 4.69) is 16.9 Å². The molecule has 0 spiro atoms. The molecule has 3 N–H and O–H groups in total. The van der Waals surface area contributed by atoms with E-state index in [1.807, 2.05) is 0 Å². The third-order valence-corrected chi connectivity index (χ3v) is 5.49. The van der Waals surface area contributed by atoms with Crippen LogP contribution in [-0.2, 0) is 19.9 Å². The zero-order valence-electron chi connectivity index (χ0n) is 10.6. The molecule has 0 saturated carbocycles. The highest BCUT2D eigenvalue weighted by Gasteiger charge is 2.19. The molecule has 0 aliphatic carbocycles. The van der Waals surface area contributed by atoms with Crippen LogP contribution in [0.3, 0.4) is 0 Å². The molecule has 1 aromatic rings. The quantitative estimate of drug-likeness (QED) is 0.677. The third kappa shape index (κ3) is 6.17. The number of benzene rings is 1. The van der Waals surface area contributed by atoms with Gasteiger partial charge in [-0.3, -0.25) is 4.72 Å². The zero-order valence-corrected chi connectivity index (χ0v) is 13.0. The van der Waals surface area contributed by atoms with Crippen molar-refractivity contribution in [3.05, 3.63) is 24.3 Å². The minimum atomic E-state index is -4.04. The van der Waals surface area contributed by atoms with E-state index in [4.69, 9.17) is 10.5 Å². The first-order chi connectivity index (χ1) is 9.09. The number of rotatable bonds is 7. The molecule has 0 unspecified atom stereocenters. The van der Waals surface area contributed by atoms with Crippen LogP contribution in [0, 0.1) is 0 Å². The van der Waals surface area contributed by atoms with Crippen LogP contribution in [-0.4, -0.2) is 39.8 Å². The summed E-state index contributed by atoms with van der Waals surface area (Å²) < 4.78 is 52.9. The second-order valence-electron chi connectivity index (χ2n) is 4.01. The van der Waals surface area contributed by atoms with E-state index in [0.717, 1.165) is 6.26 Å². The van der Waals surface area contributed by atoms with Crippen LogP contribution in [0.1, 0.15) is 0 Å². The number of thiocarbonyl (C=S) groups is 1. The standard InChI is InChI=1S/C10H14N2O5S3/c1-19(13,14)7-20(15,16)12-8-4-2-3-5-9(8)17-6-10(11)18/h2-5,12H,6-7H2,1H3,(H2,11,18). The normalized spacial score (nSPS) is 11.8. The summed E-state index contributed by atoms with van der Waals surface area (Å²) in [5.41, 5.74) is 5.41. The van der Waals surface area contributed by atoms with Gasteiger partial charge in [-0.2, -0.15) is 0 Å². The number of hydrogen-bond donors (Lipinski definition) is 2. The van der Waals surface area contributed by atoms with Crippen LogP contribution in [0.5, 0.6) is 5.75 Å². The van der Waals surface area contributed by atoms with E-state index < -0.39 is 24.9 Å². The number of nitrogens with two attached hydrogens (primary N) is 1. The Bertz CT molecular complexity index is 697. The molecule has 0 atom stereocenters. The number of nitrogens with one attached hydrogen (secondary N) is 1. The first-order valence-corrected chi connectivity index (χ1v) is 9.39. The molecule has 1 aromatic carbocycles. The maximum atomic E-state index is 11.7. The van der Waals surface area contributed by atoms with Gasteiger partial charge in [-0.05, 0) is 12.1 Å². The third-order valence-electron chi connectivity index (χ3n) is 1.89. The molecule has 0 saturated heterocycles. The van der Waals surface area contributed by atoms with Crippen molar-refractivity contribution in [1.29, 1.82) is 0 Å². The highest BCUT2D eigenvalue weighted by atomic mass is 32.3. The Hall–Kier alpha value is -1.39. The molecular weight excluding hydrogens is 324 g/mol. The second kappa shape index (κ2) is 6.37. The van der Waals surface area contributed by atoms with Gasteiger partial charge in [0.1, 0.15) is 17.3 Å². The van der Waals surface area contributed by atoms with Crippen LogP contribution in [0.25, 0.3) is 0 Å². The summed E-state index contributed by atoms with van der Waals surface area (Å²) in [4.78, 5) is 0.110. The van der Waals surface area contributed by atoms with Crippen molar-refractivity contribution >= 4 is 42.8 Å². The van der Waals surface area contributed by atoms with Crippen molar-refractivity contribution in [2.75, 3.05) is 22.7 Å². The van der Waals surface area contributed by atoms with E-state index in [9.17, 15) is 16.8 Å². The molecule has 7 nitrogen and oxygen atoms in total. The monoisotopic (exact) mass is 338 g/mol. The molecule has 0 bridgehead atoms. The first kappa shape index (κ1) is 16.7. The topological polar surface area (TPSA) is 116 Å². The highest BCUT2D eigenvalue weighted by Crippen LogP contribution is 2.25. The lowest BCUT2D eigenvalue weighted by molar-refractivity contribution is 0.379. The van der Waals surface area contributed by atoms with E-state index in [-0.39, 0.29) is 23.0 Å².